The number of isocyanates is 1. The highest BCUT2D eigenvalue weighted by Gasteiger charge is 1.91. The Morgan fingerprint density at radius 2 is 2.09 bits per heavy atom. The molecule has 0 radical (unpaired) electrons. The van der Waals surface area contributed by atoms with Crippen LogP contribution in [0.15, 0.2) is 11.6 Å². The lowest BCUT2D eigenvalue weighted by molar-refractivity contribution is -0.114. The summed E-state index contributed by atoms with van der Waals surface area (Å²) in [5.74, 6) is -0.327. The van der Waals surface area contributed by atoms with E-state index in [1.54, 1.807) is 6.92 Å². The summed E-state index contributed by atoms with van der Waals surface area (Å²) in [6.07, 6.45) is 3.43. The van der Waals surface area contributed by atoms with E-state index in [1.165, 1.54) is 0 Å². The second-order valence-corrected chi connectivity index (χ2v) is 1.76. The van der Waals surface area contributed by atoms with Crippen LogP contribution in [0, 0.1) is 5.41 Å². The van der Waals surface area contributed by atoms with Gasteiger partial charge in [-0.25, -0.2) is 10.2 Å². The topological polar surface area (TPSA) is 84.0 Å². The van der Waals surface area contributed by atoms with Gasteiger partial charge in [0.15, 0.2) is 0 Å². The Bertz CT molecular complexity index is 179. The van der Waals surface area contributed by atoms with E-state index in [0.29, 0.717) is 5.57 Å². The van der Waals surface area contributed by atoms with Gasteiger partial charge in [-0.05, 0) is 13.3 Å². The van der Waals surface area contributed by atoms with Crippen molar-refractivity contribution in [1.82, 2.24) is 0 Å². The molecule has 4 nitrogen and oxygen atoms in total. The molecule has 0 aromatic carbocycles. The fourth-order valence-electron chi connectivity index (χ4n) is 0.407. The van der Waals surface area contributed by atoms with Crippen molar-refractivity contribution in [3.05, 3.63) is 11.6 Å². The lowest BCUT2D eigenvalue weighted by atomic mass is 10.2. The first-order chi connectivity index (χ1) is 5.09. The standard InChI is InChI=1S/C6H11NO.CHNO/c1-3-4-5(2)6(7)8;2-1-3/h4H,3H2,1-2H3,(H2,7,8);2H. The maximum atomic E-state index is 10.2. The van der Waals surface area contributed by atoms with Crippen molar-refractivity contribution < 1.29 is 9.59 Å². The van der Waals surface area contributed by atoms with Crippen LogP contribution in [0.1, 0.15) is 20.3 Å². The number of primary amides is 1. The number of amides is 1. The van der Waals surface area contributed by atoms with E-state index < -0.39 is 0 Å². The maximum absolute atomic E-state index is 10.2. The molecule has 4 heteroatoms. The molecule has 0 rings (SSSR count). The van der Waals surface area contributed by atoms with E-state index in [9.17, 15) is 4.79 Å². The highest BCUT2D eigenvalue weighted by atomic mass is 16.1. The normalized spacial score (nSPS) is 9.09. The molecule has 0 aliphatic heterocycles. The van der Waals surface area contributed by atoms with Crippen LogP contribution in [0.2, 0.25) is 0 Å². The number of allylic oxidation sites excluding steroid dienone is 1. The zero-order valence-electron chi connectivity index (χ0n) is 6.68. The summed E-state index contributed by atoms with van der Waals surface area (Å²) in [4.78, 5) is 18.6. The number of hydrogen-bond donors (Lipinski definition) is 2. The molecule has 0 bridgehead atoms. The average Bonchev–Trinajstić information content (AvgIpc) is 1.90. The molecule has 0 fully saturated rings. The highest BCUT2D eigenvalue weighted by Crippen LogP contribution is 1.91. The molecule has 0 aromatic rings. The molecule has 0 aromatic heterocycles. The highest BCUT2D eigenvalue weighted by molar-refractivity contribution is 5.91. The van der Waals surface area contributed by atoms with Gasteiger partial charge in [0, 0.05) is 5.57 Å². The molecule has 0 saturated heterocycles. The number of carbonyl (C=O) groups is 1. The molecule has 0 saturated carbocycles. The molecular formula is C7H12N2O2. The van der Waals surface area contributed by atoms with Gasteiger partial charge in [-0.1, -0.05) is 13.0 Å². The number of nitrogens with one attached hydrogen (secondary N) is 1. The lowest BCUT2D eigenvalue weighted by Crippen LogP contribution is -2.11. The van der Waals surface area contributed by atoms with Crippen LogP contribution in [0.3, 0.4) is 0 Å². The summed E-state index contributed by atoms with van der Waals surface area (Å²) in [7, 11) is 0. The zero-order valence-corrected chi connectivity index (χ0v) is 6.68. The third-order valence-electron chi connectivity index (χ3n) is 0.899. The fraction of sp³-hybridized carbons (Fsp3) is 0.429. The van der Waals surface area contributed by atoms with Crippen LogP contribution < -0.4 is 5.73 Å². The van der Waals surface area contributed by atoms with Gasteiger partial charge < -0.3 is 5.73 Å². The third kappa shape index (κ3) is 11.9. The van der Waals surface area contributed by atoms with Crippen molar-refractivity contribution in [1.29, 1.82) is 5.41 Å². The molecule has 0 aliphatic rings. The fourth-order valence-corrected chi connectivity index (χ4v) is 0.407. The largest absolute Gasteiger partial charge is 0.366 e. The van der Waals surface area contributed by atoms with Crippen LogP contribution in [-0.2, 0) is 9.59 Å². The van der Waals surface area contributed by atoms with Crippen molar-refractivity contribution in [2.24, 2.45) is 5.73 Å². The van der Waals surface area contributed by atoms with E-state index in [2.05, 4.69) is 0 Å². The van der Waals surface area contributed by atoms with Crippen molar-refractivity contribution >= 4 is 12.0 Å². The Balaban J connectivity index is 0. The molecular weight excluding hydrogens is 144 g/mol. The Labute approximate surface area is 65.6 Å². The molecule has 62 valence electrons. The lowest BCUT2D eigenvalue weighted by Gasteiger charge is -1.88. The Morgan fingerprint density at radius 3 is 2.18 bits per heavy atom. The molecule has 0 heterocycles. The van der Waals surface area contributed by atoms with Gasteiger partial charge in [-0.2, -0.15) is 0 Å². The van der Waals surface area contributed by atoms with E-state index in [0.717, 1.165) is 12.5 Å². The summed E-state index contributed by atoms with van der Waals surface area (Å²) >= 11 is 0. The van der Waals surface area contributed by atoms with Crippen LogP contribution in [0.4, 0.5) is 0 Å². The smallest absolute Gasteiger partial charge is 0.244 e. The first kappa shape index (κ1) is 12.3. The third-order valence-corrected chi connectivity index (χ3v) is 0.899. The van der Waals surface area contributed by atoms with E-state index >= 15 is 0 Å². The molecule has 0 spiro atoms. The first-order valence-corrected chi connectivity index (χ1v) is 3.10. The minimum absolute atomic E-state index is 0.327. The number of rotatable bonds is 2. The van der Waals surface area contributed by atoms with Crippen molar-refractivity contribution in [2.45, 2.75) is 20.3 Å². The van der Waals surface area contributed by atoms with Gasteiger partial charge in [0.05, 0.1) is 0 Å². The first-order valence-electron chi connectivity index (χ1n) is 3.10. The Morgan fingerprint density at radius 1 is 1.73 bits per heavy atom. The van der Waals surface area contributed by atoms with Gasteiger partial charge >= 0.3 is 0 Å². The van der Waals surface area contributed by atoms with Crippen molar-refractivity contribution in [2.75, 3.05) is 0 Å². The van der Waals surface area contributed by atoms with Gasteiger partial charge in [-0.3, -0.25) is 4.79 Å². The van der Waals surface area contributed by atoms with E-state index in [-0.39, 0.29) is 5.91 Å². The van der Waals surface area contributed by atoms with Gasteiger partial charge in [0.1, 0.15) is 0 Å². The summed E-state index contributed by atoms with van der Waals surface area (Å²) < 4.78 is 0. The number of hydrogen-bond acceptors (Lipinski definition) is 3. The number of nitrogens with two attached hydrogens (primary N) is 1. The van der Waals surface area contributed by atoms with Crippen molar-refractivity contribution in [3.8, 4) is 0 Å². The van der Waals surface area contributed by atoms with Crippen LogP contribution in [0.25, 0.3) is 0 Å². The summed E-state index contributed by atoms with van der Waals surface area (Å²) in [5.41, 5.74) is 5.56. The minimum atomic E-state index is -0.327. The van der Waals surface area contributed by atoms with Crippen molar-refractivity contribution in [3.63, 3.8) is 0 Å². The number of carbonyl (C=O) groups excluding carboxylic acids is 2. The van der Waals surface area contributed by atoms with Gasteiger partial charge in [0.25, 0.3) is 0 Å². The molecule has 0 unspecified atom stereocenters. The Hall–Kier alpha value is -1.41. The summed E-state index contributed by atoms with van der Waals surface area (Å²) in [6, 6.07) is 0. The summed E-state index contributed by atoms with van der Waals surface area (Å²) in [6.45, 7) is 3.68. The van der Waals surface area contributed by atoms with Gasteiger partial charge in [-0.15, -0.1) is 0 Å². The second-order valence-electron chi connectivity index (χ2n) is 1.76. The molecule has 0 aliphatic carbocycles. The molecule has 3 N–H and O–H groups in total. The van der Waals surface area contributed by atoms with E-state index in [1.807, 2.05) is 13.0 Å². The molecule has 0 atom stereocenters. The van der Waals surface area contributed by atoms with Crippen LogP contribution >= 0.6 is 0 Å². The maximum Gasteiger partial charge on any atom is 0.244 e. The predicted molar refractivity (Wildman–Crippen MR) is 41.7 cm³/mol. The summed E-state index contributed by atoms with van der Waals surface area (Å²) in [5, 5.41) is 5.40. The monoisotopic (exact) mass is 156 g/mol. The quantitative estimate of drug-likeness (QED) is 0.351. The second kappa shape index (κ2) is 8.59. The predicted octanol–water partition coefficient (Wildman–Crippen LogP) is 0.729. The van der Waals surface area contributed by atoms with Crippen LogP contribution in [0.5, 0.6) is 0 Å². The molecule has 1 amide bonds. The van der Waals surface area contributed by atoms with Gasteiger partial charge in [0.2, 0.25) is 12.0 Å². The average molecular weight is 156 g/mol. The Kier molecular flexibility index (Phi) is 9.59. The minimum Gasteiger partial charge on any atom is -0.366 e. The van der Waals surface area contributed by atoms with Crippen LogP contribution in [-0.4, -0.2) is 12.0 Å². The zero-order chi connectivity index (χ0) is 9.28. The SMILES string of the molecule is CCC=C(C)C(N)=O.N=C=O. The van der Waals surface area contributed by atoms with E-state index in [4.69, 9.17) is 15.9 Å². The molecule has 11 heavy (non-hydrogen) atoms.